The summed E-state index contributed by atoms with van der Waals surface area (Å²) in [5.74, 6) is 0.517. The standard InChI is InChI=1S/C19H18Cl2N4S/c1-12-3-8-17(13(2)9-12)22-19(26)23-18-16(21)11-25(24-18)10-14-4-6-15(20)7-5-14/h3-9,11H,10H2,1-2H3,(H2,22,23,24,26). The van der Waals surface area contributed by atoms with E-state index in [1.165, 1.54) is 5.56 Å². The van der Waals surface area contributed by atoms with Gasteiger partial charge in [-0.3, -0.25) is 4.68 Å². The zero-order valence-electron chi connectivity index (χ0n) is 14.4. The normalized spacial score (nSPS) is 10.6. The van der Waals surface area contributed by atoms with Crippen LogP contribution in [0, 0.1) is 13.8 Å². The van der Waals surface area contributed by atoms with Crippen molar-refractivity contribution in [3.8, 4) is 0 Å². The highest BCUT2D eigenvalue weighted by molar-refractivity contribution is 7.80. The second kappa shape index (κ2) is 8.08. The Morgan fingerprint density at radius 3 is 2.50 bits per heavy atom. The third-order valence-corrected chi connectivity index (χ3v) is 4.57. The second-order valence-electron chi connectivity index (χ2n) is 6.05. The number of hydrogen-bond donors (Lipinski definition) is 2. The summed E-state index contributed by atoms with van der Waals surface area (Å²) in [6.07, 6.45) is 1.76. The quantitative estimate of drug-likeness (QED) is 0.550. The molecule has 0 saturated heterocycles. The number of rotatable bonds is 4. The van der Waals surface area contributed by atoms with Crippen molar-refractivity contribution in [3.63, 3.8) is 0 Å². The van der Waals surface area contributed by atoms with Crippen LogP contribution in [0.15, 0.2) is 48.7 Å². The monoisotopic (exact) mass is 404 g/mol. The van der Waals surface area contributed by atoms with Crippen LogP contribution >= 0.6 is 35.4 Å². The highest BCUT2D eigenvalue weighted by Gasteiger charge is 2.10. The van der Waals surface area contributed by atoms with Crippen LogP contribution in [0.5, 0.6) is 0 Å². The summed E-state index contributed by atoms with van der Waals surface area (Å²) in [7, 11) is 0. The van der Waals surface area contributed by atoms with Crippen molar-refractivity contribution in [2.45, 2.75) is 20.4 Å². The van der Waals surface area contributed by atoms with E-state index in [4.69, 9.17) is 35.4 Å². The summed E-state index contributed by atoms with van der Waals surface area (Å²) in [6.45, 7) is 4.68. The number of benzene rings is 2. The molecule has 2 aromatic carbocycles. The predicted octanol–water partition coefficient (Wildman–Crippen LogP) is 5.66. The van der Waals surface area contributed by atoms with Crippen LogP contribution < -0.4 is 10.6 Å². The molecule has 7 heteroatoms. The van der Waals surface area contributed by atoms with Crippen LogP contribution in [0.1, 0.15) is 16.7 Å². The van der Waals surface area contributed by atoms with Crippen LogP contribution in [0.2, 0.25) is 10.0 Å². The topological polar surface area (TPSA) is 41.9 Å². The van der Waals surface area contributed by atoms with Crippen LogP contribution in [0.25, 0.3) is 0 Å². The Hall–Kier alpha value is -2.08. The summed E-state index contributed by atoms with van der Waals surface area (Å²) in [4.78, 5) is 0. The molecule has 0 aliphatic rings. The van der Waals surface area contributed by atoms with Gasteiger partial charge in [0, 0.05) is 16.9 Å². The van der Waals surface area contributed by atoms with Crippen molar-refractivity contribution >= 4 is 52.0 Å². The van der Waals surface area contributed by atoms with E-state index in [1.807, 2.05) is 43.3 Å². The lowest BCUT2D eigenvalue weighted by molar-refractivity contribution is 0.690. The molecule has 1 aromatic heterocycles. The lowest BCUT2D eigenvalue weighted by atomic mass is 10.1. The first-order chi connectivity index (χ1) is 12.4. The number of nitrogens with one attached hydrogen (secondary N) is 2. The molecule has 0 spiro atoms. The van der Waals surface area contributed by atoms with Crippen molar-refractivity contribution in [1.29, 1.82) is 0 Å². The van der Waals surface area contributed by atoms with E-state index in [2.05, 4.69) is 28.7 Å². The molecule has 4 nitrogen and oxygen atoms in total. The Labute approximate surface area is 168 Å². The highest BCUT2D eigenvalue weighted by atomic mass is 35.5. The Morgan fingerprint density at radius 2 is 1.81 bits per heavy atom. The minimum absolute atomic E-state index is 0.440. The zero-order valence-corrected chi connectivity index (χ0v) is 16.7. The molecule has 0 radical (unpaired) electrons. The molecule has 0 aliphatic heterocycles. The number of nitrogens with zero attached hydrogens (tertiary/aromatic N) is 2. The van der Waals surface area contributed by atoms with Gasteiger partial charge in [-0.15, -0.1) is 0 Å². The second-order valence-corrected chi connectivity index (χ2v) is 7.30. The van der Waals surface area contributed by atoms with Gasteiger partial charge in [-0.1, -0.05) is 53.0 Å². The van der Waals surface area contributed by atoms with Crippen molar-refractivity contribution in [2.75, 3.05) is 10.6 Å². The molecule has 3 aromatic rings. The minimum atomic E-state index is 0.440. The summed E-state index contributed by atoms with van der Waals surface area (Å²) >= 11 is 17.6. The molecule has 0 atom stereocenters. The minimum Gasteiger partial charge on any atom is -0.332 e. The van der Waals surface area contributed by atoms with Gasteiger partial charge in [0.2, 0.25) is 0 Å². The number of thiocarbonyl (C=S) groups is 1. The molecule has 0 bridgehead atoms. The molecule has 134 valence electrons. The number of hydrogen-bond acceptors (Lipinski definition) is 2. The van der Waals surface area contributed by atoms with Gasteiger partial charge in [0.25, 0.3) is 0 Å². The fraction of sp³-hybridized carbons (Fsp3) is 0.158. The highest BCUT2D eigenvalue weighted by Crippen LogP contribution is 2.22. The summed E-state index contributed by atoms with van der Waals surface area (Å²) < 4.78 is 1.76. The van der Waals surface area contributed by atoms with Crippen LogP contribution in [0.4, 0.5) is 11.5 Å². The molecule has 3 rings (SSSR count). The summed E-state index contributed by atoms with van der Waals surface area (Å²) in [6, 6.07) is 13.7. The average Bonchev–Trinajstić information content (AvgIpc) is 2.91. The van der Waals surface area contributed by atoms with E-state index < -0.39 is 0 Å². The van der Waals surface area contributed by atoms with Gasteiger partial charge in [-0.2, -0.15) is 5.10 Å². The third-order valence-electron chi connectivity index (χ3n) is 3.84. The molecular weight excluding hydrogens is 387 g/mol. The molecule has 26 heavy (non-hydrogen) atoms. The van der Waals surface area contributed by atoms with Crippen LogP contribution in [-0.2, 0) is 6.54 Å². The van der Waals surface area contributed by atoms with E-state index >= 15 is 0 Å². The molecule has 0 unspecified atom stereocenters. The first-order valence-electron chi connectivity index (χ1n) is 8.03. The van der Waals surface area contributed by atoms with Gasteiger partial charge in [0.15, 0.2) is 10.9 Å². The fourth-order valence-corrected chi connectivity index (χ4v) is 3.08. The molecule has 1 heterocycles. The zero-order chi connectivity index (χ0) is 18.7. The van der Waals surface area contributed by atoms with E-state index in [-0.39, 0.29) is 0 Å². The van der Waals surface area contributed by atoms with Crippen molar-refractivity contribution in [1.82, 2.24) is 9.78 Å². The predicted molar refractivity (Wildman–Crippen MR) is 114 cm³/mol. The summed E-state index contributed by atoms with van der Waals surface area (Å²) in [5.41, 5.74) is 4.35. The molecule has 0 fully saturated rings. The van der Waals surface area contributed by atoms with Gasteiger partial charge in [0.05, 0.1) is 6.54 Å². The van der Waals surface area contributed by atoms with Gasteiger partial charge in [-0.05, 0) is 55.4 Å². The maximum Gasteiger partial charge on any atom is 0.176 e. The van der Waals surface area contributed by atoms with E-state index in [0.29, 0.717) is 27.5 Å². The fourth-order valence-electron chi connectivity index (χ4n) is 2.55. The SMILES string of the molecule is Cc1ccc(NC(=S)Nc2nn(Cc3ccc(Cl)cc3)cc2Cl)c(C)c1. The maximum atomic E-state index is 6.28. The van der Waals surface area contributed by atoms with Crippen LogP contribution in [-0.4, -0.2) is 14.9 Å². The van der Waals surface area contributed by atoms with Crippen molar-refractivity contribution in [2.24, 2.45) is 0 Å². The first kappa shape index (κ1) is 18.7. The molecular formula is C19H18Cl2N4S. The number of aryl methyl sites for hydroxylation is 2. The maximum absolute atomic E-state index is 6.28. The van der Waals surface area contributed by atoms with E-state index in [9.17, 15) is 0 Å². The first-order valence-corrected chi connectivity index (χ1v) is 9.20. The molecule has 0 saturated carbocycles. The van der Waals surface area contributed by atoms with Gasteiger partial charge >= 0.3 is 0 Å². The molecule has 0 amide bonds. The van der Waals surface area contributed by atoms with Crippen LogP contribution in [0.3, 0.4) is 0 Å². The number of anilines is 2. The molecule has 2 N–H and O–H groups in total. The van der Waals surface area contributed by atoms with Gasteiger partial charge in [-0.25, -0.2) is 0 Å². The third kappa shape index (κ3) is 4.75. The average molecular weight is 405 g/mol. The Morgan fingerprint density at radius 1 is 1.08 bits per heavy atom. The number of aromatic nitrogens is 2. The largest absolute Gasteiger partial charge is 0.332 e. The molecule has 0 aliphatic carbocycles. The van der Waals surface area contributed by atoms with E-state index in [1.54, 1.807) is 10.9 Å². The Balaban J connectivity index is 1.67. The lowest BCUT2D eigenvalue weighted by Crippen LogP contribution is -2.20. The summed E-state index contributed by atoms with van der Waals surface area (Å²) in [5, 5.41) is 12.3. The Bertz CT molecular complexity index is 935. The van der Waals surface area contributed by atoms with Gasteiger partial charge in [0.1, 0.15) is 5.02 Å². The Kier molecular flexibility index (Phi) is 5.81. The lowest BCUT2D eigenvalue weighted by Gasteiger charge is -2.12. The smallest absolute Gasteiger partial charge is 0.176 e. The number of halogens is 2. The van der Waals surface area contributed by atoms with Gasteiger partial charge < -0.3 is 10.6 Å². The van der Waals surface area contributed by atoms with Crippen molar-refractivity contribution < 1.29 is 0 Å². The van der Waals surface area contributed by atoms with E-state index in [0.717, 1.165) is 16.8 Å². The van der Waals surface area contributed by atoms with Crippen molar-refractivity contribution in [3.05, 3.63) is 75.4 Å².